The summed E-state index contributed by atoms with van der Waals surface area (Å²) in [5.41, 5.74) is 0.482. The van der Waals surface area contributed by atoms with Crippen LogP contribution in [0.2, 0.25) is 0 Å². The van der Waals surface area contributed by atoms with Crippen LogP contribution in [0.1, 0.15) is 10.5 Å². The maximum absolute atomic E-state index is 12.2. The molecule has 3 rings (SSSR count). The van der Waals surface area contributed by atoms with Crippen molar-refractivity contribution < 1.29 is 22.7 Å². The van der Waals surface area contributed by atoms with E-state index in [9.17, 15) is 13.2 Å². The maximum Gasteiger partial charge on any atom is 0.356 e. The van der Waals surface area contributed by atoms with E-state index in [-0.39, 0.29) is 10.7 Å². The van der Waals surface area contributed by atoms with Gasteiger partial charge in [-0.25, -0.2) is 4.79 Å². The van der Waals surface area contributed by atoms with Crippen molar-refractivity contribution in [2.75, 3.05) is 4.72 Å². The highest BCUT2D eigenvalue weighted by molar-refractivity contribution is 7.92. The van der Waals surface area contributed by atoms with E-state index in [1.165, 1.54) is 6.26 Å². The number of sulfonamides is 1. The molecule has 8 nitrogen and oxygen atoms in total. The third kappa shape index (κ3) is 2.34. The van der Waals surface area contributed by atoms with Gasteiger partial charge in [-0.2, -0.15) is 13.5 Å². The quantitative estimate of drug-likeness (QED) is 0.673. The highest BCUT2D eigenvalue weighted by Crippen LogP contribution is 2.26. The number of anilines is 1. The number of carboxylic acids is 1. The molecule has 21 heavy (non-hydrogen) atoms. The van der Waals surface area contributed by atoms with Crippen LogP contribution in [0.25, 0.3) is 11.0 Å². The average molecular weight is 307 g/mol. The van der Waals surface area contributed by atoms with Gasteiger partial charge in [-0.1, -0.05) is 6.07 Å². The molecule has 108 valence electrons. The summed E-state index contributed by atoms with van der Waals surface area (Å²) in [6, 6.07) is 7.48. The zero-order chi connectivity index (χ0) is 15.0. The first-order chi connectivity index (χ1) is 9.97. The summed E-state index contributed by atoms with van der Waals surface area (Å²) in [4.78, 5) is 10.7. The van der Waals surface area contributed by atoms with Gasteiger partial charge in [-0.15, -0.1) is 0 Å². The summed E-state index contributed by atoms with van der Waals surface area (Å²) < 4.78 is 31.9. The van der Waals surface area contributed by atoms with Crippen LogP contribution in [-0.2, 0) is 10.0 Å². The molecule has 0 bridgehead atoms. The van der Waals surface area contributed by atoms with Crippen LogP contribution in [0, 0.1) is 0 Å². The Balaban J connectivity index is 1.99. The molecule has 0 fully saturated rings. The Labute approximate surface area is 118 Å². The van der Waals surface area contributed by atoms with Crippen molar-refractivity contribution in [1.82, 2.24) is 10.2 Å². The number of benzene rings is 1. The molecule has 3 aromatic rings. The molecule has 0 saturated carbocycles. The van der Waals surface area contributed by atoms with Gasteiger partial charge in [0.2, 0.25) is 0 Å². The molecule has 0 spiro atoms. The number of nitrogens with one attached hydrogen (secondary N) is 2. The number of aromatic carboxylic acids is 1. The first-order valence-electron chi connectivity index (χ1n) is 5.75. The van der Waals surface area contributed by atoms with Crippen LogP contribution in [0.3, 0.4) is 0 Å². The minimum atomic E-state index is -3.97. The van der Waals surface area contributed by atoms with Crippen LogP contribution in [0.4, 0.5) is 5.69 Å². The predicted molar refractivity (Wildman–Crippen MR) is 72.6 cm³/mol. The molecule has 0 aliphatic rings. The summed E-state index contributed by atoms with van der Waals surface area (Å²) in [5.74, 6) is -1.32. The van der Waals surface area contributed by atoms with Gasteiger partial charge in [-0.3, -0.25) is 9.82 Å². The lowest BCUT2D eigenvalue weighted by Crippen LogP contribution is -2.13. The van der Waals surface area contributed by atoms with Crippen molar-refractivity contribution in [3.05, 3.63) is 42.3 Å². The Morgan fingerprint density at radius 2 is 2.14 bits per heavy atom. The van der Waals surface area contributed by atoms with Gasteiger partial charge < -0.3 is 9.52 Å². The van der Waals surface area contributed by atoms with Gasteiger partial charge >= 0.3 is 5.97 Å². The lowest BCUT2D eigenvalue weighted by atomic mass is 10.2. The van der Waals surface area contributed by atoms with Crippen LogP contribution < -0.4 is 4.72 Å². The largest absolute Gasteiger partial charge is 0.476 e. The monoisotopic (exact) mass is 307 g/mol. The van der Waals surface area contributed by atoms with Crippen LogP contribution in [-0.4, -0.2) is 29.7 Å². The van der Waals surface area contributed by atoms with Crippen LogP contribution in [0.5, 0.6) is 0 Å². The highest BCUT2D eigenvalue weighted by atomic mass is 32.2. The van der Waals surface area contributed by atoms with E-state index in [0.717, 1.165) is 6.07 Å². The van der Waals surface area contributed by atoms with Crippen molar-refractivity contribution in [3.63, 3.8) is 0 Å². The Bertz CT molecular complexity index is 925. The average Bonchev–Trinajstić information content (AvgIpc) is 3.08. The number of carbonyl (C=O) groups is 1. The summed E-state index contributed by atoms with van der Waals surface area (Å²) in [6.45, 7) is 0. The molecule has 2 aromatic heterocycles. The van der Waals surface area contributed by atoms with E-state index < -0.39 is 16.0 Å². The molecular formula is C12H9N3O5S. The third-order valence-electron chi connectivity index (χ3n) is 2.80. The fourth-order valence-electron chi connectivity index (χ4n) is 1.83. The lowest BCUT2D eigenvalue weighted by molar-refractivity contribution is 0.0690. The molecule has 0 atom stereocenters. The SMILES string of the molecule is O=C(O)c1cc(S(=O)(=O)Nc2cccc3occc23)[nH]n1. The van der Waals surface area contributed by atoms with Gasteiger partial charge in [-0.05, 0) is 18.2 Å². The maximum atomic E-state index is 12.2. The molecule has 0 saturated heterocycles. The molecule has 3 N–H and O–H groups in total. The van der Waals surface area contributed by atoms with Crippen molar-refractivity contribution in [2.45, 2.75) is 5.03 Å². The first kappa shape index (κ1) is 13.2. The fourth-order valence-corrected chi connectivity index (χ4v) is 2.84. The molecule has 9 heteroatoms. The van der Waals surface area contributed by atoms with Gasteiger partial charge in [0.1, 0.15) is 5.58 Å². The zero-order valence-corrected chi connectivity index (χ0v) is 11.2. The van der Waals surface area contributed by atoms with Gasteiger partial charge in [0, 0.05) is 11.5 Å². The second-order valence-corrected chi connectivity index (χ2v) is 5.82. The Morgan fingerprint density at radius 3 is 2.86 bits per heavy atom. The number of carboxylic acid groups (broad SMARTS) is 1. The first-order valence-corrected chi connectivity index (χ1v) is 7.23. The molecule has 0 amide bonds. The van der Waals surface area contributed by atoms with E-state index in [1.807, 2.05) is 0 Å². The minimum Gasteiger partial charge on any atom is -0.476 e. The smallest absolute Gasteiger partial charge is 0.356 e. The standard InChI is InChI=1S/C12H9N3O5S/c16-12(17)9-6-11(14-13-9)21(18,19)15-8-2-1-3-10-7(8)4-5-20-10/h1-6,15H,(H,13,14)(H,16,17). The van der Waals surface area contributed by atoms with Gasteiger partial charge in [0.15, 0.2) is 10.7 Å². The molecule has 0 unspecified atom stereocenters. The topological polar surface area (TPSA) is 125 Å². The number of fused-ring (bicyclic) bond motifs is 1. The summed E-state index contributed by atoms with van der Waals surface area (Å²) in [6.07, 6.45) is 1.45. The number of nitrogens with zero attached hydrogens (tertiary/aromatic N) is 1. The van der Waals surface area contributed by atoms with E-state index >= 15 is 0 Å². The van der Waals surface area contributed by atoms with E-state index in [1.54, 1.807) is 24.3 Å². The second kappa shape index (κ2) is 4.63. The lowest BCUT2D eigenvalue weighted by Gasteiger charge is -2.06. The number of furan rings is 1. The van der Waals surface area contributed by atoms with Crippen LogP contribution >= 0.6 is 0 Å². The van der Waals surface area contributed by atoms with Crippen LogP contribution in [0.15, 0.2) is 46.0 Å². The molecule has 0 aliphatic heterocycles. The highest BCUT2D eigenvalue weighted by Gasteiger charge is 2.20. The van der Waals surface area contributed by atoms with Crippen molar-refractivity contribution in [3.8, 4) is 0 Å². The Morgan fingerprint density at radius 1 is 1.33 bits per heavy atom. The molecule has 1 aromatic carbocycles. The molecule has 0 aliphatic carbocycles. The van der Waals surface area contributed by atoms with E-state index in [2.05, 4.69) is 14.9 Å². The van der Waals surface area contributed by atoms with Crippen molar-refractivity contribution >= 4 is 32.6 Å². The summed E-state index contributed by atoms with van der Waals surface area (Å²) in [7, 11) is -3.97. The van der Waals surface area contributed by atoms with Gasteiger partial charge in [0.25, 0.3) is 10.0 Å². The molecular weight excluding hydrogens is 298 g/mol. The molecule has 2 heterocycles. The van der Waals surface area contributed by atoms with Crippen molar-refractivity contribution in [1.29, 1.82) is 0 Å². The normalized spacial score (nSPS) is 11.6. The number of hydrogen-bond donors (Lipinski definition) is 3. The number of aromatic nitrogens is 2. The predicted octanol–water partition coefficient (Wildman–Crippen LogP) is 1.65. The third-order valence-corrected chi connectivity index (χ3v) is 4.08. The summed E-state index contributed by atoms with van der Waals surface area (Å²) in [5, 5.41) is 14.6. The summed E-state index contributed by atoms with van der Waals surface area (Å²) >= 11 is 0. The number of rotatable bonds is 4. The number of hydrogen-bond acceptors (Lipinski definition) is 5. The zero-order valence-electron chi connectivity index (χ0n) is 10.4. The fraction of sp³-hybridized carbons (Fsp3) is 0. The molecule has 0 radical (unpaired) electrons. The van der Waals surface area contributed by atoms with Gasteiger partial charge in [0.05, 0.1) is 12.0 Å². The van der Waals surface area contributed by atoms with Crippen molar-refractivity contribution in [2.24, 2.45) is 0 Å². The number of H-pyrrole nitrogens is 1. The Kier molecular flexibility index (Phi) is 2.91. The van der Waals surface area contributed by atoms with E-state index in [0.29, 0.717) is 16.7 Å². The van der Waals surface area contributed by atoms with E-state index in [4.69, 9.17) is 9.52 Å². The second-order valence-electron chi connectivity index (χ2n) is 4.17. The number of aromatic amines is 1. The minimum absolute atomic E-state index is 0.327. The Hall–Kier alpha value is -2.81.